The Morgan fingerprint density at radius 1 is 1.58 bits per heavy atom. The molecule has 0 spiro atoms. The number of hydrogen-bond acceptors (Lipinski definition) is 7. The molecule has 0 saturated heterocycles. The van der Waals surface area contributed by atoms with Crippen LogP contribution in [0.25, 0.3) is 0 Å². The number of aromatic nitrogens is 1. The van der Waals surface area contributed by atoms with Crippen molar-refractivity contribution in [1.29, 1.82) is 0 Å². The summed E-state index contributed by atoms with van der Waals surface area (Å²) in [7, 11) is -4.00. The van der Waals surface area contributed by atoms with Crippen molar-refractivity contribution >= 4 is 32.8 Å². The second kappa shape index (κ2) is 5.72. The molecule has 2 heterocycles. The largest absolute Gasteiger partial charge is 0.449 e. The summed E-state index contributed by atoms with van der Waals surface area (Å²) in [6.07, 6.45) is -0.253. The van der Waals surface area contributed by atoms with Gasteiger partial charge in [0.25, 0.3) is 0 Å². The molecule has 1 aromatic rings. The molecule has 0 bridgehead atoms. The van der Waals surface area contributed by atoms with Crippen molar-refractivity contribution in [3.05, 3.63) is 10.6 Å². The maximum atomic E-state index is 11.6. The van der Waals surface area contributed by atoms with Crippen molar-refractivity contribution in [3.8, 4) is 0 Å². The van der Waals surface area contributed by atoms with Crippen LogP contribution in [0.15, 0.2) is 0 Å². The van der Waals surface area contributed by atoms with Crippen molar-refractivity contribution in [2.75, 3.05) is 17.9 Å². The van der Waals surface area contributed by atoms with Gasteiger partial charge >= 0.3 is 16.3 Å². The number of thiazole rings is 1. The lowest BCUT2D eigenvalue weighted by Crippen LogP contribution is -2.35. The fourth-order valence-electron chi connectivity index (χ4n) is 1.58. The van der Waals surface area contributed by atoms with E-state index in [-0.39, 0.29) is 11.7 Å². The molecule has 3 N–H and O–H groups in total. The fraction of sp³-hybridized carbons (Fsp3) is 0.556. The summed E-state index contributed by atoms with van der Waals surface area (Å²) < 4.78 is 31.7. The van der Waals surface area contributed by atoms with E-state index in [1.807, 2.05) is 0 Å². The first-order valence-electron chi connectivity index (χ1n) is 5.67. The number of hydrogen-bond donors (Lipinski definition) is 3. The van der Waals surface area contributed by atoms with Crippen molar-refractivity contribution < 1.29 is 17.9 Å². The van der Waals surface area contributed by atoms with E-state index < -0.39 is 16.3 Å². The fourth-order valence-corrected chi connectivity index (χ4v) is 3.51. The maximum Gasteiger partial charge on any atom is 0.422 e. The number of carbonyl (C=O) groups is 1. The third kappa shape index (κ3) is 3.78. The molecule has 10 heteroatoms. The number of anilines is 1. The van der Waals surface area contributed by atoms with E-state index >= 15 is 0 Å². The van der Waals surface area contributed by atoms with Gasteiger partial charge in [0.1, 0.15) is 0 Å². The predicted molar refractivity (Wildman–Crippen MR) is 70.2 cm³/mol. The zero-order valence-electron chi connectivity index (χ0n) is 10.2. The third-order valence-corrected chi connectivity index (χ3v) is 4.36. The number of carbonyl (C=O) groups excluding carboxylic acids is 1. The minimum absolute atomic E-state index is 0.0958. The third-order valence-electron chi connectivity index (χ3n) is 2.32. The molecule has 0 saturated carbocycles. The van der Waals surface area contributed by atoms with Gasteiger partial charge in [-0.15, -0.1) is 0 Å². The summed E-state index contributed by atoms with van der Waals surface area (Å²) in [4.78, 5) is 16.2. The SMILES string of the molecule is CCOC(=O)NS(=O)(=O)Nc1nc2c(s1)CNCC2. The Morgan fingerprint density at radius 2 is 2.37 bits per heavy atom. The molecular formula is C9H14N4O4S2. The van der Waals surface area contributed by atoms with Gasteiger partial charge in [-0.1, -0.05) is 11.3 Å². The average Bonchev–Trinajstić information content (AvgIpc) is 2.69. The van der Waals surface area contributed by atoms with Crippen LogP contribution in [0.3, 0.4) is 0 Å². The average molecular weight is 306 g/mol. The molecule has 0 aliphatic carbocycles. The molecule has 0 unspecified atom stereocenters. The first-order chi connectivity index (χ1) is 9.00. The number of amides is 1. The van der Waals surface area contributed by atoms with Crippen LogP contribution in [0, 0.1) is 0 Å². The molecule has 1 aromatic heterocycles. The molecule has 0 radical (unpaired) electrons. The Morgan fingerprint density at radius 3 is 3.05 bits per heavy atom. The first kappa shape index (κ1) is 14.0. The predicted octanol–water partition coefficient (Wildman–Crippen LogP) is 0.192. The van der Waals surface area contributed by atoms with Crippen molar-refractivity contribution in [3.63, 3.8) is 0 Å². The van der Waals surface area contributed by atoms with E-state index in [0.29, 0.717) is 6.54 Å². The van der Waals surface area contributed by atoms with E-state index in [0.717, 1.165) is 23.5 Å². The van der Waals surface area contributed by atoms with Gasteiger partial charge in [0, 0.05) is 24.4 Å². The topological polar surface area (TPSA) is 109 Å². The molecule has 106 valence electrons. The van der Waals surface area contributed by atoms with Crippen LogP contribution in [-0.4, -0.2) is 32.6 Å². The quantitative estimate of drug-likeness (QED) is 0.732. The number of rotatable bonds is 4. The summed E-state index contributed by atoms with van der Waals surface area (Å²) in [5.41, 5.74) is 0.887. The summed E-state index contributed by atoms with van der Waals surface area (Å²) in [6.45, 7) is 3.18. The lowest BCUT2D eigenvalue weighted by molar-refractivity contribution is 0.159. The molecule has 0 fully saturated rings. The van der Waals surface area contributed by atoms with Gasteiger partial charge in [-0.05, 0) is 6.92 Å². The first-order valence-corrected chi connectivity index (χ1v) is 7.96. The van der Waals surface area contributed by atoms with Crippen molar-refractivity contribution in [1.82, 2.24) is 15.0 Å². The van der Waals surface area contributed by atoms with E-state index in [1.54, 1.807) is 11.6 Å². The van der Waals surface area contributed by atoms with Crippen LogP contribution in [0.1, 0.15) is 17.5 Å². The summed E-state index contributed by atoms with van der Waals surface area (Å²) in [5, 5.41) is 3.41. The van der Waals surface area contributed by atoms with Crippen LogP contribution < -0.4 is 14.8 Å². The van der Waals surface area contributed by atoms with Crippen LogP contribution >= 0.6 is 11.3 Å². The summed E-state index contributed by atoms with van der Waals surface area (Å²) in [5.74, 6) is 0. The smallest absolute Gasteiger partial charge is 0.422 e. The van der Waals surface area contributed by atoms with E-state index in [2.05, 4.69) is 19.8 Å². The Kier molecular flexibility index (Phi) is 4.22. The standard InChI is InChI=1S/C9H14N4O4S2/c1-2-17-9(14)13-19(15,16)12-8-11-6-3-4-10-5-7(6)18-8/h10H,2-5H2,1H3,(H,11,12)(H,13,14). The molecular weight excluding hydrogens is 292 g/mol. The Labute approximate surface area is 114 Å². The van der Waals surface area contributed by atoms with Crippen LogP contribution in [0.4, 0.5) is 9.93 Å². The van der Waals surface area contributed by atoms with E-state index in [4.69, 9.17) is 0 Å². The molecule has 0 aromatic carbocycles. The number of nitrogens with zero attached hydrogens (tertiary/aromatic N) is 1. The Balaban J connectivity index is 2.03. The molecule has 0 atom stereocenters. The van der Waals surface area contributed by atoms with Crippen LogP contribution in [0.5, 0.6) is 0 Å². The minimum Gasteiger partial charge on any atom is -0.449 e. The second-order valence-electron chi connectivity index (χ2n) is 3.74. The normalized spacial score (nSPS) is 14.6. The zero-order chi connectivity index (χ0) is 13.9. The molecule has 2 rings (SSSR count). The highest BCUT2D eigenvalue weighted by Gasteiger charge is 2.20. The zero-order valence-corrected chi connectivity index (χ0v) is 11.9. The maximum absolute atomic E-state index is 11.6. The number of nitrogens with one attached hydrogen (secondary N) is 3. The van der Waals surface area contributed by atoms with Gasteiger partial charge in [-0.25, -0.2) is 19.2 Å². The van der Waals surface area contributed by atoms with Gasteiger partial charge in [-0.2, -0.15) is 8.42 Å². The monoisotopic (exact) mass is 306 g/mol. The molecule has 1 aliphatic rings. The highest BCUT2D eigenvalue weighted by molar-refractivity contribution is 7.91. The van der Waals surface area contributed by atoms with Gasteiger partial charge in [0.05, 0.1) is 12.3 Å². The van der Waals surface area contributed by atoms with E-state index in [9.17, 15) is 13.2 Å². The van der Waals surface area contributed by atoms with Crippen LogP contribution in [-0.2, 0) is 27.9 Å². The minimum atomic E-state index is -4.00. The highest BCUT2D eigenvalue weighted by Crippen LogP contribution is 2.25. The van der Waals surface area contributed by atoms with Crippen molar-refractivity contribution in [2.24, 2.45) is 0 Å². The summed E-state index contributed by atoms with van der Waals surface area (Å²) in [6, 6.07) is 0. The molecule has 1 amide bonds. The molecule has 8 nitrogen and oxygen atoms in total. The lowest BCUT2D eigenvalue weighted by Gasteiger charge is -2.09. The molecule has 19 heavy (non-hydrogen) atoms. The highest BCUT2D eigenvalue weighted by atomic mass is 32.2. The van der Waals surface area contributed by atoms with Crippen LogP contribution in [0.2, 0.25) is 0 Å². The molecule has 1 aliphatic heterocycles. The van der Waals surface area contributed by atoms with Gasteiger partial charge in [-0.3, -0.25) is 0 Å². The second-order valence-corrected chi connectivity index (χ2v) is 6.24. The van der Waals surface area contributed by atoms with Crippen molar-refractivity contribution in [2.45, 2.75) is 19.9 Å². The lowest BCUT2D eigenvalue weighted by atomic mass is 10.2. The van der Waals surface area contributed by atoms with Gasteiger partial charge in [0.2, 0.25) is 0 Å². The number of ether oxygens (including phenoxy) is 1. The summed E-state index contributed by atoms with van der Waals surface area (Å²) >= 11 is 1.25. The van der Waals surface area contributed by atoms with E-state index in [1.165, 1.54) is 11.3 Å². The van der Waals surface area contributed by atoms with Gasteiger partial charge < -0.3 is 10.1 Å². The Bertz CT molecular complexity index is 545. The Hall–Kier alpha value is -1.39. The number of fused-ring (bicyclic) bond motifs is 1. The van der Waals surface area contributed by atoms with Gasteiger partial charge in [0.15, 0.2) is 5.13 Å².